The molecule has 2 fully saturated rings. The van der Waals surface area contributed by atoms with Gasteiger partial charge in [0.2, 0.25) is 6.79 Å². The maximum absolute atomic E-state index is 13.0. The Hall–Kier alpha value is -1.61. The quantitative estimate of drug-likeness (QED) is 0.693. The highest BCUT2D eigenvalue weighted by Crippen LogP contribution is 2.50. The standard InChI is InChI=1S/C23H33NO6Si/c1-22(2,3)31(6,7)30-17-9-13-12-8-15-16(27-11-26-15)10-14(12)21(25)24-18(13)20-19(17)28-23(4,5)29-20/h8,10,13,17-20H,9,11H2,1-7H3,(H,24,25)/t13-,17+,18-,19-,20+/m1/s1. The Morgan fingerprint density at radius 2 is 1.74 bits per heavy atom. The van der Waals surface area contributed by atoms with Crippen molar-refractivity contribution < 1.29 is 28.2 Å². The van der Waals surface area contributed by atoms with E-state index in [1.807, 2.05) is 19.9 Å². The van der Waals surface area contributed by atoms with Crippen LogP contribution < -0.4 is 14.8 Å². The van der Waals surface area contributed by atoms with Gasteiger partial charge in [-0.15, -0.1) is 0 Å². The summed E-state index contributed by atoms with van der Waals surface area (Å²) in [5.74, 6) is 0.539. The normalized spacial score (nSPS) is 33.4. The Labute approximate surface area is 184 Å². The van der Waals surface area contributed by atoms with E-state index >= 15 is 0 Å². The van der Waals surface area contributed by atoms with Crippen molar-refractivity contribution in [3.63, 3.8) is 0 Å². The largest absolute Gasteiger partial charge is 0.454 e. The van der Waals surface area contributed by atoms with Crippen LogP contribution in [0.1, 0.15) is 62.9 Å². The molecule has 5 atom stereocenters. The van der Waals surface area contributed by atoms with Gasteiger partial charge in [0.25, 0.3) is 5.91 Å². The van der Waals surface area contributed by atoms with Gasteiger partial charge in [0.05, 0.1) is 12.1 Å². The third-order valence-corrected chi connectivity index (χ3v) is 12.0. The van der Waals surface area contributed by atoms with Gasteiger partial charge in [0.1, 0.15) is 12.2 Å². The van der Waals surface area contributed by atoms with E-state index in [4.69, 9.17) is 23.4 Å². The van der Waals surface area contributed by atoms with Crippen LogP contribution in [0.25, 0.3) is 0 Å². The highest BCUT2D eigenvalue weighted by atomic mass is 28.4. The first-order valence-electron chi connectivity index (χ1n) is 11.1. The van der Waals surface area contributed by atoms with Crippen LogP contribution in [0.5, 0.6) is 11.5 Å². The Bertz CT molecular complexity index is 923. The molecule has 0 bridgehead atoms. The van der Waals surface area contributed by atoms with Crippen LogP contribution in [0, 0.1) is 0 Å². The van der Waals surface area contributed by atoms with E-state index in [9.17, 15) is 4.79 Å². The molecule has 0 aromatic heterocycles. The maximum atomic E-state index is 13.0. The highest BCUT2D eigenvalue weighted by Gasteiger charge is 2.58. The predicted molar refractivity (Wildman–Crippen MR) is 117 cm³/mol. The summed E-state index contributed by atoms with van der Waals surface area (Å²) in [4.78, 5) is 13.0. The topological polar surface area (TPSA) is 75.3 Å². The van der Waals surface area contributed by atoms with Crippen molar-refractivity contribution in [3.05, 3.63) is 23.3 Å². The fourth-order valence-corrected chi connectivity index (χ4v) is 6.35. The summed E-state index contributed by atoms with van der Waals surface area (Å²) in [6.07, 6.45) is 0.152. The lowest BCUT2D eigenvalue weighted by Crippen LogP contribution is -2.62. The van der Waals surface area contributed by atoms with Crippen LogP contribution in [0.4, 0.5) is 0 Å². The zero-order chi connectivity index (χ0) is 22.3. The van der Waals surface area contributed by atoms with Crippen molar-refractivity contribution in [2.75, 3.05) is 6.79 Å². The minimum Gasteiger partial charge on any atom is -0.454 e. The summed E-state index contributed by atoms with van der Waals surface area (Å²) in [5, 5.41) is 3.29. The molecule has 5 rings (SSSR count). The fraction of sp³-hybridized carbons (Fsp3) is 0.696. The molecule has 170 valence electrons. The van der Waals surface area contributed by atoms with Crippen molar-refractivity contribution in [1.82, 2.24) is 5.32 Å². The number of fused-ring (bicyclic) bond motifs is 6. The minimum atomic E-state index is -2.04. The summed E-state index contributed by atoms with van der Waals surface area (Å²) >= 11 is 0. The average molecular weight is 448 g/mol. The van der Waals surface area contributed by atoms with Gasteiger partial charge >= 0.3 is 0 Å². The maximum Gasteiger partial charge on any atom is 0.252 e. The van der Waals surface area contributed by atoms with Crippen LogP contribution in [0.3, 0.4) is 0 Å². The first-order chi connectivity index (χ1) is 14.4. The van der Waals surface area contributed by atoms with Crippen LogP contribution in [0.15, 0.2) is 12.1 Å². The van der Waals surface area contributed by atoms with E-state index in [1.54, 1.807) is 6.07 Å². The number of hydrogen-bond donors (Lipinski definition) is 1. The minimum absolute atomic E-state index is 0.0516. The lowest BCUT2D eigenvalue weighted by molar-refractivity contribution is -0.153. The third-order valence-electron chi connectivity index (χ3n) is 7.54. The van der Waals surface area contributed by atoms with Gasteiger partial charge < -0.3 is 28.7 Å². The van der Waals surface area contributed by atoms with Crippen molar-refractivity contribution in [3.8, 4) is 11.5 Å². The number of benzene rings is 1. The molecule has 1 aliphatic carbocycles. The SMILES string of the molecule is CC1(C)O[C@H]2[C@@H]3NC(=O)c4cc5c(cc4[C@H]3C[C@H](O[Si](C)(C)C(C)(C)C)[C@H]2O1)OCO5. The average Bonchev–Trinajstić information content (AvgIpc) is 3.23. The van der Waals surface area contributed by atoms with Gasteiger partial charge in [0, 0.05) is 11.5 Å². The van der Waals surface area contributed by atoms with Crippen LogP contribution in [-0.4, -0.2) is 51.2 Å². The first-order valence-corrected chi connectivity index (χ1v) is 14.0. The molecule has 4 aliphatic rings. The first kappa shape index (κ1) is 21.2. The summed E-state index contributed by atoms with van der Waals surface area (Å²) in [6.45, 7) is 15.3. The summed E-state index contributed by atoms with van der Waals surface area (Å²) in [6, 6.07) is 3.60. The second-order valence-electron chi connectivity index (χ2n) is 11.1. The molecule has 3 heterocycles. The molecular formula is C23H33NO6Si. The lowest BCUT2D eigenvalue weighted by atomic mass is 9.72. The zero-order valence-electron chi connectivity index (χ0n) is 19.4. The van der Waals surface area contributed by atoms with Gasteiger partial charge in [-0.05, 0) is 56.1 Å². The molecule has 0 spiro atoms. The van der Waals surface area contributed by atoms with Crippen molar-refractivity contribution in [1.29, 1.82) is 0 Å². The van der Waals surface area contributed by atoms with Gasteiger partial charge in [-0.3, -0.25) is 4.79 Å². The molecule has 1 N–H and O–H groups in total. The number of nitrogens with one attached hydrogen (secondary N) is 1. The van der Waals surface area contributed by atoms with Crippen LogP contribution in [-0.2, 0) is 13.9 Å². The fourth-order valence-electron chi connectivity index (χ4n) is 5.01. The second kappa shape index (κ2) is 6.70. The molecule has 0 unspecified atom stereocenters. The summed E-state index contributed by atoms with van der Waals surface area (Å²) < 4.78 is 30.7. The molecule has 0 radical (unpaired) electrons. The molecule has 7 nitrogen and oxygen atoms in total. The van der Waals surface area contributed by atoms with Gasteiger partial charge in [-0.2, -0.15) is 0 Å². The van der Waals surface area contributed by atoms with Crippen molar-refractivity contribution in [2.45, 2.75) is 95.2 Å². The van der Waals surface area contributed by atoms with E-state index in [-0.39, 0.29) is 48.0 Å². The molecule has 1 amide bonds. The number of carbonyl (C=O) groups excluding carboxylic acids is 1. The Balaban J connectivity index is 1.55. The zero-order valence-corrected chi connectivity index (χ0v) is 20.4. The molecule has 1 saturated heterocycles. The molecule has 1 saturated carbocycles. The van der Waals surface area contributed by atoms with E-state index < -0.39 is 14.1 Å². The van der Waals surface area contributed by atoms with Crippen molar-refractivity contribution in [2.24, 2.45) is 0 Å². The molecule has 3 aliphatic heterocycles. The van der Waals surface area contributed by atoms with Crippen LogP contribution in [0.2, 0.25) is 18.1 Å². The number of ether oxygens (including phenoxy) is 4. The molecule has 1 aromatic rings. The Morgan fingerprint density at radius 1 is 1.10 bits per heavy atom. The Morgan fingerprint density at radius 3 is 2.42 bits per heavy atom. The number of carbonyl (C=O) groups is 1. The van der Waals surface area contributed by atoms with Crippen LogP contribution >= 0.6 is 0 Å². The smallest absolute Gasteiger partial charge is 0.252 e. The predicted octanol–water partition coefficient (Wildman–Crippen LogP) is 3.93. The van der Waals surface area contributed by atoms with E-state index in [0.717, 1.165) is 12.0 Å². The van der Waals surface area contributed by atoms with Gasteiger partial charge in [-0.25, -0.2) is 0 Å². The number of rotatable bonds is 2. The van der Waals surface area contributed by atoms with Gasteiger partial charge in [0.15, 0.2) is 25.6 Å². The monoisotopic (exact) mass is 447 g/mol. The lowest BCUT2D eigenvalue weighted by Gasteiger charge is -2.48. The molecule has 8 heteroatoms. The van der Waals surface area contributed by atoms with Gasteiger partial charge in [-0.1, -0.05) is 20.8 Å². The second-order valence-corrected chi connectivity index (χ2v) is 15.9. The number of amides is 1. The summed E-state index contributed by atoms with van der Waals surface area (Å²) in [7, 11) is -2.04. The number of hydrogen-bond acceptors (Lipinski definition) is 6. The molecular weight excluding hydrogens is 414 g/mol. The summed E-state index contributed by atoms with van der Waals surface area (Å²) in [5.41, 5.74) is 1.63. The molecule has 31 heavy (non-hydrogen) atoms. The van der Waals surface area contributed by atoms with E-state index in [0.29, 0.717) is 17.1 Å². The van der Waals surface area contributed by atoms with E-state index in [1.165, 1.54) is 0 Å². The molecule has 1 aromatic carbocycles. The third kappa shape index (κ3) is 3.39. The van der Waals surface area contributed by atoms with E-state index in [2.05, 4.69) is 39.2 Å². The van der Waals surface area contributed by atoms with Crippen molar-refractivity contribution >= 4 is 14.2 Å². The highest BCUT2D eigenvalue weighted by molar-refractivity contribution is 6.74. The Kier molecular flexibility index (Phi) is 4.59.